The molecule has 2 unspecified atom stereocenters. The predicted octanol–water partition coefficient (Wildman–Crippen LogP) is 6.71. The van der Waals surface area contributed by atoms with E-state index in [0.717, 1.165) is 5.92 Å². The van der Waals surface area contributed by atoms with E-state index in [9.17, 15) is 0 Å². The Kier molecular flexibility index (Phi) is 3.38. The van der Waals surface area contributed by atoms with Gasteiger partial charge < -0.3 is 0 Å². The molecule has 0 bridgehead atoms. The van der Waals surface area contributed by atoms with Gasteiger partial charge in [0.05, 0.1) is 0 Å². The highest BCUT2D eigenvalue weighted by Crippen LogP contribution is 2.43. The molecule has 0 aromatic heterocycles. The Bertz CT molecular complexity index is 1060. The molecule has 0 spiro atoms. The quantitative estimate of drug-likeness (QED) is 0.342. The molecule has 0 aliphatic heterocycles. The summed E-state index contributed by atoms with van der Waals surface area (Å²) in [5.41, 5.74) is 4.55. The lowest BCUT2D eigenvalue weighted by Gasteiger charge is -2.31. The summed E-state index contributed by atoms with van der Waals surface area (Å²) in [4.78, 5) is 0. The topological polar surface area (TPSA) is 0 Å². The first kappa shape index (κ1) is 14.7. The maximum Gasteiger partial charge on any atom is 0.0101 e. The lowest BCUT2D eigenvalue weighted by atomic mass is 9.72. The van der Waals surface area contributed by atoms with Crippen LogP contribution in [0.4, 0.5) is 0 Å². The van der Waals surface area contributed by atoms with Gasteiger partial charge in [0.2, 0.25) is 0 Å². The van der Waals surface area contributed by atoms with Crippen LogP contribution in [0.3, 0.4) is 0 Å². The zero-order valence-corrected chi connectivity index (χ0v) is 14.6. The SMILES string of the molecule is CC1Cc2ccc3c(ccc4ccccc43)c2C(c2ccccc2)C1. The van der Waals surface area contributed by atoms with E-state index < -0.39 is 0 Å². The summed E-state index contributed by atoms with van der Waals surface area (Å²) in [6.45, 7) is 2.39. The molecule has 0 fully saturated rings. The van der Waals surface area contributed by atoms with Gasteiger partial charge >= 0.3 is 0 Å². The van der Waals surface area contributed by atoms with Crippen LogP contribution in [0, 0.1) is 5.92 Å². The minimum atomic E-state index is 0.504. The average molecular weight is 322 g/mol. The van der Waals surface area contributed by atoms with Gasteiger partial charge in [0.1, 0.15) is 0 Å². The number of hydrogen-bond acceptors (Lipinski definition) is 0. The van der Waals surface area contributed by atoms with Crippen molar-refractivity contribution in [3.8, 4) is 0 Å². The van der Waals surface area contributed by atoms with Gasteiger partial charge in [0, 0.05) is 5.92 Å². The second kappa shape index (κ2) is 5.74. The second-order valence-corrected chi connectivity index (χ2v) is 7.53. The average Bonchev–Trinajstić information content (AvgIpc) is 2.67. The normalized spacial score (nSPS) is 19.9. The van der Waals surface area contributed by atoms with E-state index in [0.29, 0.717) is 5.92 Å². The lowest BCUT2D eigenvalue weighted by Crippen LogP contribution is -2.18. The van der Waals surface area contributed by atoms with Gasteiger partial charge in [-0.15, -0.1) is 0 Å². The largest absolute Gasteiger partial charge is 0.0622 e. The van der Waals surface area contributed by atoms with Crippen LogP contribution in [0.5, 0.6) is 0 Å². The highest BCUT2D eigenvalue weighted by Gasteiger charge is 2.27. The van der Waals surface area contributed by atoms with E-state index >= 15 is 0 Å². The van der Waals surface area contributed by atoms with E-state index in [-0.39, 0.29) is 0 Å². The van der Waals surface area contributed by atoms with Gasteiger partial charge in [-0.3, -0.25) is 0 Å². The Morgan fingerprint density at radius 1 is 0.680 bits per heavy atom. The molecule has 0 saturated heterocycles. The van der Waals surface area contributed by atoms with Crippen molar-refractivity contribution >= 4 is 21.5 Å². The molecule has 0 nitrogen and oxygen atoms in total. The van der Waals surface area contributed by atoms with Crippen molar-refractivity contribution in [3.63, 3.8) is 0 Å². The van der Waals surface area contributed by atoms with E-state index in [1.54, 1.807) is 5.56 Å². The first-order chi connectivity index (χ1) is 12.3. The van der Waals surface area contributed by atoms with Crippen molar-refractivity contribution in [1.82, 2.24) is 0 Å². The zero-order chi connectivity index (χ0) is 16.8. The molecule has 0 saturated carbocycles. The molecule has 0 radical (unpaired) electrons. The minimum absolute atomic E-state index is 0.504. The Balaban J connectivity index is 1.83. The lowest BCUT2D eigenvalue weighted by molar-refractivity contribution is 0.467. The summed E-state index contributed by atoms with van der Waals surface area (Å²) < 4.78 is 0. The van der Waals surface area contributed by atoms with Gasteiger partial charge in [0.15, 0.2) is 0 Å². The number of rotatable bonds is 1. The molecule has 1 aliphatic rings. The minimum Gasteiger partial charge on any atom is -0.0622 e. The van der Waals surface area contributed by atoms with E-state index in [4.69, 9.17) is 0 Å². The maximum atomic E-state index is 2.39. The molecule has 2 atom stereocenters. The van der Waals surface area contributed by atoms with E-state index in [1.807, 2.05) is 0 Å². The van der Waals surface area contributed by atoms with Crippen LogP contribution >= 0.6 is 0 Å². The van der Waals surface area contributed by atoms with Gasteiger partial charge in [-0.05, 0) is 57.0 Å². The summed E-state index contributed by atoms with van der Waals surface area (Å²) in [7, 11) is 0. The fourth-order valence-electron chi connectivity index (χ4n) is 4.71. The van der Waals surface area contributed by atoms with E-state index in [1.165, 1.54) is 45.5 Å². The van der Waals surface area contributed by atoms with Crippen molar-refractivity contribution < 1.29 is 0 Å². The van der Waals surface area contributed by atoms with Gasteiger partial charge in [-0.2, -0.15) is 0 Å². The number of hydrogen-bond donors (Lipinski definition) is 0. The molecule has 4 aromatic carbocycles. The zero-order valence-electron chi connectivity index (χ0n) is 14.6. The van der Waals surface area contributed by atoms with E-state index in [2.05, 4.69) is 85.8 Å². The summed E-state index contributed by atoms with van der Waals surface area (Å²) >= 11 is 0. The Hall–Kier alpha value is -2.60. The fourth-order valence-corrected chi connectivity index (χ4v) is 4.71. The summed E-state index contributed by atoms with van der Waals surface area (Å²) in [5, 5.41) is 5.54. The molecule has 4 aromatic rings. The summed E-state index contributed by atoms with van der Waals surface area (Å²) in [6, 6.07) is 29.2. The van der Waals surface area contributed by atoms with Crippen molar-refractivity contribution in [3.05, 3.63) is 95.6 Å². The van der Waals surface area contributed by atoms with Gasteiger partial charge in [-0.1, -0.05) is 85.8 Å². The third-order valence-corrected chi connectivity index (χ3v) is 5.81. The van der Waals surface area contributed by atoms with Crippen molar-refractivity contribution in [1.29, 1.82) is 0 Å². The Labute approximate surface area is 149 Å². The van der Waals surface area contributed by atoms with Crippen molar-refractivity contribution in [2.45, 2.75) is 25.7 Å². The molecular weight excluding hydrogens is 300 g/mol. The first-order valence-corrected chi connectivity index (χ1v) is 9.29. The van der Waals surface area contributed by atoms with Crippen LogP contribution in [0.1, 0.15) is 36.0 Å². The van der Waals surface area contributed by atoms with Crippen LogP contribution in [-0.4, -0.2) is 0 Å². The monoisotopic (exact) mass is 322 g/mol. The molecule has 0 amide bonds. The molecule has 0 heteroatoms. The highest BCUT2D eigenvalue weighted by molar-refractivity contribution is 6.09. The van der Waals surface area contributed by atoms with Gasteiger partial charge in [-0.25, -0.2) is 0 Å². The third-order valence-electron chi connectivity index (χ3n) is 5.81. The highest BCUT2D eigenvalue weighted by atomic mass is 14.3. The predicted molar refractivity (Wildman–Crippen MR) is 107 cm³/mol. The first-order valence-electron chi connectivity index (χ1n) is 9.29. The molecule has 1 aliphatic carbocycles. The molecular formula is C25H22. The molecule has 25 heavy (non-hydrogen) atoms. The summed E-state index contributed by atoms with van der Waals surface area (Å²) in [6.07, 6.45) is 2.43. The molecule has 122 valence electrons. The standard InChI is InChI=1S/C25H22/c1-17-15-20-12-13-22-21-10-6-5-9-19(21)11-14-23(22)25(20)24(16-17)18-7-3-2-4-8-18/h2-14,17,24H,15-16H2,1H3. The Morgan fingerprint density at radius 3 is 2.32 bits per heavy atom. The van der Waals surface area contributed by atoms with Crippen LogP contribution in [-0.2, 0) is 6.42 Å². The number of benzene rings is 4. The Morgan fingerprint density at radius 2 is 1.44 bits per heavy atom. The van der Waals surface area contributed by atoms with Crippen molar-refractivity contribution in [2.75, 3.05) is 0 Å². The van der Waals surface area contributed by atoms with Crippen LogP contribution in [0.25, 0.3) is 21.5 Å². The van der Waals surface area contributed by atoms with Crippen LogP contribution < -0.4 is 0 Å². The number of fused-ring (bicyclic) bond motifs is 5. The van der Waals surface area contributed by atoms with Crippen LogP contribution in [0.15, 0.2) is 78.9 Å². The summed E-state index contributed by atoms with van der Waals surface area (Å²) in [5.74, 6) is 1.24. The van der Waals surface area contributed by atoms with Gasteiger partial charge in [0.25, 0.3) is 0 Å². The smallest absolute Gasteiger partial charge is 0.0101 e. The maximum absolute atomic E-state index is 2.39. The van der Waals surface area contributed by atoms with Crippen LogP contribution in [0.2, 0.25) is 0 Å². The third kappa shape index (κ3) is 2.36. The fraction of sp³-hybridized carbons (Fsp3) is 0.200. The molecule has 5 rings (SSSR count). The molecule has 0 N–H and O–H groups in total. The molecule has 0 heterocycles. The van der Waals surface area contributed by atoms with Crippen molar-refractivity contribution in [2.24, 2.45) is 5.92 Å². The second-order valence-electron chi connectivity index (χ2n) is 7.53.